The summed E-state index contributed by atoms with van der Waals surface area (Å²) in [4.78, 5) is 12.0. The molecule has 0 radical (unpaired) electrons. The summed E-state index contributed by atoms with van der Waals surface area (Å²) in [5.74, 6) is 0.417. The van der Waals surface area contributed by atoms with Crippen LogP contribution < -0.4 is 10.0 Å². The second-order valence-electron chi connectivity index (χ2n) is 4.72. The Hall–Kier alpha value is -1.53. The van der Waals surface area contributed by atoms with Crippen LogP contribution in [-0.4, -0.2) is 50.5 Å². The minimum Gasteiger partial charge on any atom is -0.384 e. The normalized spacial score (nSPS) is 11.4. The molecule has 0 saturated heterocycles. The standard InChI is InChI=1S/C14H18N4O4S3/c1-22-9-10-23-14-18-17-13(24-14)16-12(19)7-8-15-25(20,21)11-5-3-2-4-6-11/h2-6,15H,7-10H2,1H3,(H,16,17,19). The maximum absolute atomic E-state index is 12.0. The average molecular weight is 403 g/mol. The van der Waals surface area contributed by atoms with E-state index >= 15 is 0 Å². The third-order valence-corrected chi connectivity index (χ3v) is 6.28. The van der Waals surface area contributed by atoms with Gasteiger partial charge in [-0.1, -0.05) is 41.3 Å². The SMILES string of the molecule is COCCSc1nnc(NC(=O)CCNS(=O)(=O)c2ccccc2)s1. The molecule has 0 spiro atoms. The van der Waals surface area contributed by atoms with E-state index in [0.29, 0.717) is 11.7 Å². The zero-order valence-corrected chi connectivity index (χ0v) is 15.9. The second-order valence-corrected chi connectivity index (χ2v) is 8.81. The highest BCUT2D eigenvalue weighted by atomic mass is 32.2. The molecule has 25 heavy (non-hydrogen) atoms. The molecule has 1 amide bonds. The number of anilines is 1. The van der Waals surface area contributed by atoms with Gasteiger partial charge in [-0.05, 0) is 12.1 Å². The Balaban J connectivity index is 1.76. The first-order chi connectivity index (χ1) is 12.0. The molecule has 2 N–H and O–H groups in total. The summed E-state index contributed by atoms with van der Waals surface area (Å²) in [6, 6.07) is 7.99. The molecule has 0 atom stereocenters. The van der Waals surface area contributed by atoms with Crippen LogP contribution in [0.25, 0.3) is 0 Å². The van der Waals surface area contributed by atoms with E-state index in [4.69, 9.17) is 4.74 Å². The predicted molar refractivity (Wildman–Crippen MR) is 97.4 cm³/mol. The lowest BCUT2D eigenvalue weighted by molar-refractivity contribution is -0.116. The van der Waals surface area contributed by atoms with E-state index in [0.717, 1.165) is 10.1 Å². The summed E-state index contributed by atoms with van der Waals surface area (Å²) in [6.07, 6.45) is -0.00219. The van der Waals surface area contributed by atoms with Crippen molar-refractivity contribution in [1.82, 2.24) is 14.9 Å². The summed E-state index contributed by atoms with van der Waals surface area (Å²) in [5, 5.41) is 10.8. The van der Waals surface area contributed by atoms with E-state index in [-0.39, 0.29) is 23.8 Å². The fraction of sp³-hybridized carbons (Fsp3) is 0.357. The van der Waals surface area contributed by atoms with Crippen LogP contribution in [0.3, 0.4) is 0 Å². The summed E-state index contributed by atoms with van der Waals surface area (Å²) >= 11 is 2.75. The van der Waals surface area contributed by atoms with Crippen LogP contribution in [-0.2, 0) is 19.6 Å². The number of thioether (sulfide) groups is 1. The minimum absolute atomic E-state index is 0.00219. The monoisotopic (exact) mass is 402 g/mol. The number of sulfonamides is 1. The number of methoxy groups -OCH3 is 1. The third-order valence-electron chi connectivity index (χ3n) is 2.86. The Morgan fingerprint density at radius 1 is 1.28 bits per heavy atom. The van der Waals surface area contributed by atoms with Crippen LogP contribution in [0, 0.1) is 0 Å². The number of nitrogens with zero attached hydrogens (tertiary/aromatic N) is 2. The van der Waals surface area contributed by atoms with Gasteiger partial charge in [0.25, 0.3) is 0 Å². The zero-order chi connectivity index (χ0) is 18.1. The predicted octanol–water partition coefficient (Wildman–Crippen LogP) is 1.58. The molecule has 11 heteroatoms. The largest absolute Gasteiger partial charge is 0.384 e. The number of aromatic nitrogens is 2. The molecule has 0 saturated carbocycles. The summed E-state index contributed by atoms with van der Waals surface area (Å²) < 4.78 is 32.1. The fourth-order valence-corrected chi connectivity index (χ4v) is 4.49. The van der Waals surface area contributed by atoms with E-state index in [2.05, 4.69) is 20.2 Å². The Morgan fingerprint density at radius 3 is 2.76 bits per heavy atom. The quantitative estimate of drug-likeness (QED) is 0.353. The lowest BCUT2D eigenvalue weighted by Crippen LogP contribution is -2.27. The molecule has 8 nitrogen and oxygen atoms in total. The van der Waals surface area contributed by atoms with Crippen LogP contribution >= 0.6 is 23.1 Å². The smallest absolute Gasteiger partial charge is 0.240 e. The van der Waals surface area contributed by atoms with E-state index in [1.807, 2.05) is 0 Å². The van der Waals surface area contributed by atoms with Crippen LogP contribution in [0.15, 0.2) is 39.6 Å². The van der Waals surface area contributed by atoms with E-state index in [1.165, 1.54) is 35.2 Å². The number of amides is 1. The van der Waals surface area contributed by atoms with Crippen molar-refractivity contribution in [2.75, 3.05) is 31.3 Å². The highest BCUT2D eigenvalue weighted by Gasteiger charge is 2.14. The van der Waals surface area contributed by atoms with Gasteiger partial charge in [0, 0.05) is 25.8 Å². The van der Waals surface area contributed by atoms with Crippen LogP contribution in [0.4, 0.5) is 5.13 Å². The van der Waals surface area contributed by atoms with Crippen molar-refractivity contribution in [2.24, 2.45) is 0 Å². The second kappa shape index (κ2) is 9.82. The van der Waals surface area contributed by atoms with Crippen molar-refractivity contribution in [2.45, 2.75) is 15.7 Å². The van der Waals surface area contributed by atoms with Crippen molar-refractivity contribution in [3.05, 3.63) is 30.3 Å². The van der Waals surface area contributed by atoms with Gasteiger partial charge in [-0.25, -0.2) is 13.1 Å². The first kappa shape index (κ1) is 19.8. The minimum atomic E-state index is -3.61. The van der Waals surface area contributed by atoms with Crippen LogP contribution in [0.1, 0.15) is 6.42 Å². The maximum Gasteiger partial charge on any atom is 0.240 e. The van der Waals surface area contributed by atoms with Gasteiger partial charge in [-0.15, -0.1) is 10.2 Å². The molecule has 0 aliphatic heterocycles. The molecule has 1 aromatic heterocycles. The third kappa shape index (κ3) is 6.71. The molecule has 136 valence electrons. The summed E-state index contributed by atoms with van der Waals surface area (Å²) in [6.45, 7) is 0.602. The van der Waals surface area contributed by atoms with Crippen molar-refractivity contribution < 1.29 is 17.9 Å². The van der Waals surface area contributed by atoms with Crippen LogP contribution in [0.5, 0.6) is 0 Å². The molecule has 0 fully saturated rings. The van der Waals surface area contributed by atoms with Gasteiger partial charge in [0.15, 0.2) is 4.34 Å². The van der Waals surface area contributed by atoms with Crippen molar-refractivity contribution in [3.8, 4) is 0 Å². The molecule has 1 heterocycles. The zero-order valence-electron chi connectivity index (χ0n) is 13.5. The molecule has 2 aromatic rings. The van der Waals surface area contributed by atoms with Gasteiger partial charge >= 0.3 is 0 Å². The Morgan fingerprint density at radius 2 is 2.04 bits per heavy atom. The highest BCUT2D eigenvalue weighted by Crippen LogP contribution is 2.25. The summed E-state index contributed by atoms with van der Waals surface area (Å²) in [5.41, 5.74) is 0. The molecular weight excluding hydrogens is 384 g/mol. The topological polar surface area (TPSA) is 110 Å². The molecule has 2 rings (SSSR count). The first-order valence-electron chi connectivity index (χ1n) is 7.31. The Labute approximate surface area is 154 Å². The lowest BCUT2D eigenvalue weighted by Gasteiger charge is -2.06. The van der Waals surface area contributed by atoms with E-state index in [1.54, 1.807) is 25.3 Å². The number of nitrogens with one attached hydrogen (secondary N) is 2. The van der Waals surface area contributed by atoms with Crippen LogP contribution in [0.2, 0.25) is 0 Å². The van der Waals surface area contributed by atoms with E-state index in [9.17, 15) is 13.2 Å². The average Bonchev–Trinajstić information content (AvgIpc) is 3.03. The number of benzene rings is 1. The van der Waals surface area contributed by atoms with Gasteiger partial charge < -0.3 is 10.1 Å². The van der Waals surface area contributed by atoms with E-state index < -0.39 is 10.0 Å². The number of carbonyl (C=O) groups excluding carboxylic acids is 1. The number of hydrogen-bond donors (Lipinski definition) is 2. The molecule has 0 aliphatic carbocycles. The van der Waals surface area contributed by atoms with Gasteiger partial charge in [0.2, 0.25) is 21.1 Å². The summed E-state index contributed by atoms with van der Waals surface area (Å²) in [7, 11) is -1.98. The number of rotatable bonds is 10. The fourth-order valence-electron chi connectivity index (χ4n) is 1.69. The highest BCUT2D eigenvalue weighted by molar-refractivity contribution is 8.01. The van der Waals surface area contributed by atoms with Crippen molar-refractivity contribution in [3.63, 3.8) is 0 Å². The molecule has 0 unspecified atom stereocenters. The van der Waals surface area contributed by atoms with Crippen molar-refractivity contribution >= 4 is 44.2 Å². The van der Waals surface area contributed by atoms with Gasteiger partial charge in [0.1, 0.15) is 0 Å². The van der Waals surface area contributed by atoms with Gasteiger partial charge in [-0.3, -0.25) is 4.79 Å². The first-order valence-corrected chi connectivity index (χ1v) is 10.6. The Bertz CT molecular complexity index is 780. The molecule has 1 aromatic carbocycles. The molecule has 0 aliphatic rings. The maximum atomic E-state index is 12.0. The molecule has 0 bridgehead atoms. The lowest BCUT2D eigenvalue weighted by atomic mass is 10.4. The number of carbonyl (C=O) groups is 1. The number of hydrogen-bond acceptors (Lipinski definition) is 8. The van der Waals surface area contributed by atoms with Gasteiger partial charge in [0.05, 0.1) is 11.5 Å². The molecular formula is C14H18N4O4S3. The van der Waals surface area contributed by atoms with Gasteiger partial charge in [-0.2, -0.15) is 0 Å². The number of ether oxygens (including phenoxy) is 1. The van der Waals surface area contributed by atoms with Crippen molar-refractivity contribution in [1.29, 1.82) is 0 Å². The Kier molecular flexibility index (Phi) is 7.78.